The molecule has 6 heteroatoms. The Morgan fingerprint density at radius 3 is 2.32 bits per heavy atom. The van der Waals surface area contributed by atoms with Gasteiger partial charge in [-0.15, -0.1) is 0 Å². The van der Waals surface area contributed by atoms with Crippen LogP contribution in [0.25, 0.3) is 11.0 Å². The number of Topliss-reactive ketones (excluding diaryl/α,β-unsaturated/α-hetero) is 1. The molecule has 0 aliphatic carbocycles. The zero-order valence-corrected chi connectivity index (χ0v) is 17.6. The van der Waals surface area contributed by atoms with Crippen molar-refractivity contribution in [3.63, 3.8) is 0 Å². The molecule has 0 bridgehead atoms. The Morgan fingerprint density at radius 1 is 0.935 bits per heavy atom. The van der Waals surface area contributed by atoms with Crippen LogP contribution in [0.5, 0.6) is 5.75 Å². The summed E-state index contributed by atoms with van der Waals surface area (Å²) >= 11 is 5.90. The maximum absolute atomic E-state index is 13.2. The van der Waals surface area contributed by atoms with Gasteiger partial charge in [0.2, 0.25) is 5.78 Å². The molecule has 0 fully saturated rings. The Labute approximate surface area is 184 Å². The van der Waals surface area contributed by atoms with Gasteiger partial charge in [0, 0.05) is 21.5 Å². The average molecular weight is 434 g/mol. The SMILES string of the molecule is CCOc1ccc(C(=O)c2oc3ccccc3c2NCC(=O)c2ccc(Cl)cc2)cc1. The Kier molecular flexibility index (Phi) is 6.05. The maximum atomic E-state index is 13.2. The minimum atomic E-state index is -0.277. The van der Waals surface area contributed by atoms with Gasteiger partial charge in [-0.3, -0.25) is 9.59 Å². The van der Waals surface area contributed by atoms with Crippen molar-refractivity contribution >= 4 is 39.8 Å². The quantitative estimate of drug-likeness (QED) is 0.344. The number of anilines is 1. The van der Waals surface area contributed by atoms with Crippen LogP contribution in [0, 0.1) is 0 Å². The molecule has 31 heavy (non-hydrogen) atoms. The van der Waals surface area contributed by atoms with Crippen LogP contribution in [0.4, 0.5) is 5.69 Å². The van der Waals surface area contributed by atoms with Gasteiger partial charge < -0.3 is 14.5 Å². The fraction of sp³-hybridized carbons (Fsp3) is 0.120. The molecule has 0 atom stereocenters. The molecule has 3 aromatic carbocycles. The monoisotopic (exact) mass is 433 g/mol. The topological polar surface area (TPSA) is 68.5 Å². The van der Waals surface area contributed by atoms with Gasteiger partial charge in [-0.05, 0) is 67.6 Å². The maximum Gasteiger partial charge on any atom is 0.230 e. The lowest BCUT2D eigenvalue weighted by Gasteiger charge is -2.08. The van der Waals surface area contributed by atoms with E-state index < -0.39 is 0 Å². The van der Waals surface area contributed by atoms with Gasteiger partial charge in [0.25, 0.3) is 0 Å². The van der Waals surface area contributed by atoms with Crippen molar-refractivity contribution in [2.75, 3.05) is 18.5 Å². The molecule has 5 nitrogen and oxygen atoms in total. The predicted octanol–water partition coefficient (Wildman–Crippen LogP) is 6.01. The third kappa shape index (κ3) is 4.47. The molecule has 4 aromatic rings. The second-order valence-electron chi connectivity index (χ2n) is 6.87. The molecule has 0 amide bonds. The number of nitrogens with one attached hydrogen (secondary N) is 1. The van der Waals surface area contributed by atoms with E-state index in [4.69, 9.17) is 20.8 Å². The van der Waals surface area contributed by atoms with Crippen LogP contribution >= 0.6 is 11.6 Å². The normalized spacial score (nSPS) is 10.8. The highest BCUT2D eigenvalue weighted by Gasteiger charge is 2.22. The molecular formula is C25H20ClNO4. The summed E-state index contributed by atoms with van der Waals surface area (Å²) in [6.45, 7) is 2.46. The number of ketones is 2. The van der Waals surface area contributed by atoms with Gasteiger partial charge in [0.05, 0.1) is 18.8 Å². The molecule has 0 radical (unpaired) electrons. The molecule has 1 N–H and O–H groups in total. The third-order valence-corrected chi connectivity index (χ3v) is 5.07. The van der Waals surface area contributed by atoms with Crippen molar-refractivity contribution in [1.29, 1.82) is 0 Å². The minimum absolute atomic E-state index is 0.00865. The number of furan rings is 1. The highest BCUT2D eigenvalue weighted by atomic mass is 35.5. The number of halogens is 1. The van der Waals surface area contributed by atoms with Crippen LogP contribution in [-0.4, -0.2) is 24.7 Å². The molecule has 156 valence electrons. The van der Waals surface area contributed by atoms with Crippen LogP contribution < -0.4 is 10.1 Å². The Morgan fingerprint density at radius 2 is 1.61 bits per heavy atom. The average Bonchev–Trinajstić information content (AvgIpc) is 3.17. The summed E-state index contributed by atoms with van der Waals surface area (Å²) in [7, 11) is 0. The first kappa shape index (κ1) is 20.7. The van der Waals surface area contributed by atoms with E-state index in [0.29, 0.717) is 39.8 Å². The third-order valence-electron chi connectivity index (χ3n) is 4.82. The van der Waals surface area contributed by atoms with Crippen LogP contribution in [0.2, 0.25) is 5.02 Å². The standard InChI is InChI=1S/C25H20ClNO4/c1-2-30-19-13-9-17(10-14-19)24(29)25-23(20-5-3-4-6-22(20)31-25)27-15-21(28)16-7-11-18(26)12-8-16/h3-14,27H,2,15H2,1H3. The molecule has 0 aliphatic rings. The number of hydrogen-bond acceptors (Lipinski definition) is 5. The van der Waals surface area contributed by atoms with Gasteiger partial charge in [-0.25, -0.2) is 0 Å². The minimum Gasteiger partial charge on any atom is -0.494 e. The Hall–Kier alpha value is -3.57. The number of carbonyl (C=O) groups is 2. The van der Waals surface area contributed by atoms with E-state index >= 15 is 0 Å². The van der Waals surface area contributed by atoms with E-state index in [2.05, 4.69) is 5.32 Å². The van der Waals surface area contributed by atoms with Gasteiger partial charge in [0.1, 0.15) is 11.3 Å². The lowest BCUT2D eigenvalue weighted by Crippen LogP contribution is -2.15. The highest BCUT2D eigenvalue weighted by Crippen LogP contribution is 2.32. The van der Waals surface area contributed by atoms with Gasteiger partial charge in [-0.2, -0.15) is 0 Å². The van der Waals surface area contributed by atoms with Crippen molar-refractivity contribution in [3.05, 3.63) is 94.7 Å². The summed E-state index contributed by atoms with van der Waals surface area (Å²) in [6.07, 6.45) is 0. The molecule has 1 aromatic heterocycles. The van der Waals surface area contributed by atoms with Crippen LogP contribution in [0.3, 0.4) is 0 Å². The summed E-state index contributed by atoms with van der Waals surface area (Å²) in [4.78, 5) is 25.8. The summed E-state index contributed by atoms with van der Waals surface area (Å²) in [5, 5.41) is 4.41. The van der Waals surface area contributed by atoms with Crippen molar-refractivity contribution in [2.24, 2.45) is 0 Å². The van der Waals surface area contributed by atoms with Crippen LogP contribution in [-0.2, 0) is 0 Å². The number of carbonyl (C=O) groups excluding carboxylic acids is 2. The summed E-state index contributed by atoms with van der Waals surface area (Å²) < 4.78 is 11.3. The zero-order chi connectivity index (χ0) is 21.8. The summed E-state index contributed by atoms with van der Waals surface area (Å²) in [6, 6.07) is 20.9. The van der Waals surface area contributed by atoms with E-state index in [-0.39, 0.29) is 23.9 Å². The molecular weight excluding hydrogens is 414 g/mol. The summed E-state index contributed by atoms with van der Waals surface area (Å²) in [5.41, 5.74) is 2.06. The van der Waals surface area contributed by atoms with Crippen molar-refractivity contribution < 1.29 is 18.7 Å². The van der Waals surface area contributed by atoms with E-state index in [9.17, 15) is 9.59 Å². The fourth-order valence-electron chi connectivity index (χ4n) is 3.29. The predicted molar refractivity (Wildman–Crippen MR) is 122 cm³/mol. The van der Waals surface area contributed by atoms with Gasteiger partial charge in [0.15, 0.2) is 11.5 Å². The lowest BCUT2D eigenvalue weighted by molar-refractivity contribution is 0.0997. The Balaban J connectivity index is 1.63. The van der Waals surface area contributed by atoms with Gasteiger partial charge in [-0.1, -0.05) is 23.7 Å². The van der Waals surface area contributed by atoms with Crippen molar-refractivity contribution in [1.82, 2.24) is 0 Å². The van der Waals surface area contributed by atoms with Crippen LogP contribution in [0.1, 0.15) is 33.4 Å². The smallest absolute Gasteiger partial charge is 0.230 e. The number of benzene rings is 3. The Bertz CT molecular complexity index is 1230. The lowest BCUT2D eigenvalue weighted by atomic mass is 10.1. The zero-order valence-electron chi connectivity index (χ0n) is 16.9. The van der Waals surface area contributed by atoms with E-state index in [1.165, 1.54) is 0 Å². The number of ether oxygens (including phenoxy) is 1. The molecule has 0 unspecified atom stereocenters. The van der Waals surface area contributed by atoms with Crippen molar-refractivity contribution in [2.45, 2.75) is 6.92 Å². The van der Waals surface area contributed by atoms with Crippen LogP contribution in [0.15, 0.2) is 77.2 Å². The van der Waals surface area contributed by atoms with E-state index in [1.54, 1.807) is 54.6 Å². The van der Waals surface area contributed by atoms with E-state index in [0.717, 1.165) is 5.39 Å². The first-order valence-corrected chi connectivity index (χ1v) is 10.3. The molecule has 0 aliphatic heterocycles. The number of fused-ring (bicyclic) bond motifs is 1. The van der Waals surface area contributed by atoms with Gasteiger partial charge >= 0.3 is 0 Å². The van der Waals surface area contributed by atoms with Crippen molar-refractivity contribution in [3.8, 4) is 5.75 Å². The first-order chi connectivity index (χ1) is 15.1. The molecule has 1 heterocycles. The fourth-order valence-corrected chi connectivity index (χ4v) is 3.41. The molecule has 0 saturated heterocycles. The highest BCUT2D eigenvalue weighted by molar-refractivity contribution is 6.30. The molecule has 0 spiro atoms. The summed E-state index contributed by atoms with van der Waals surface area (Å²) in [5.74, 6) is 0.451. The second kappa shape index (κ2) is 9.06. The number of rotatable bonds is 8. The second-order valence-corrected chi connectivity index (χ2v) is 7.31. The number of hydrogen-bond donors (Lipinski definition) is 1. The number of para-hydroxylation sites is 1. The van der Waals surface area contributed by atoms with E-state index in [1.807, 2.05) is 25.1 Å². The molecule has 0 saturated carbocycles. The largest absolute Gasteiger partial charge is 0.494 e. The first-order valence-electron chi connectivity index (χ1n) is 9.88. The molecule has 4 rings (SSSR count).